The van der Waals surface area contributed by atoms with Gasteiger partial charge in [0.05, 0.1) is 6.20 Å². The standard InChI is InChI=1S/C12H20N4O3/c1-4-5-6-15(2)12(19)14-10(11(17)18)9-7-13-16(3)8-9/h7-8,10H,4-6H2,1-3H3,(H,14,19)(H,17,18). The van der Waals surface area contributed by atoms with Gasteiger partial charge in [0.25, 0.3) is 0 Å². The molecule has 0 aliphatic rings. The molecule has 2 amide bonds. The summed E-state index contributed by atoms with van der Waals surface area (Å²) in [5, 5.41) is 15.6. The second-order valence-corrected chi connectivity index (χ2v) is 4.44. The van der Waals surface area contributed by atoms with Crippen molar-refractivity contribution in [3.63, 3.8) is 0 Å². The van der Waals surface area contributed by atoms with Gasteiger partial charge in [-0.2, -0.15) is 5.10 Å². The molecule has 0 aliphatic carbocycles. The first-order valence-corrected chi connectivity index (χ1v) is 6.18. The molecule has 1 heterocycles. The Bertz CT molecular complexity index is 444. The van der Waals surface area contributed by atoms with E-state index in [4.69, 9.17) is 0 Å². The fraction of sp³-hybridized carbons (Fsp3) is 0.583. The van der Waals surface area contributed by atoms with Crippen LogP contribution in [0.15, 0.2) is 12.4 Å². The summed E-state index contributed by atoms with van der Waals surface area (Å²) in [6, 6.07) is -1.48. The van der Waals surface area contributed by atoms with Gasteiger partial charge in [-0.3, -0.25) is 4.68 Å². The maximum atomic E-state index is 11.9. The third-order valence-corrected chi connectivity index (χ3v) is 2.77. The highest BCUT2D eigenvalue weighted by Gasteiger charge is 2.24. The molecule has 7 heteroatoms. The highest BCUT2D eigenvalue weighted by Crippen LogP contribution is 2.12. The number of nitrogens with one attached hydrogen (secondary N) is 1. The van der Waals surface area contributed by atoms with E-state index in [1.807, 2.05) is 6.92 Å². The number of aromatic nitrogens is 2. The van der Waals surface area contributed by atoms with Crippen molar-refractivity contribution < 1.29 is 14.7 Å². The summed E-state index contributed by atoms with van der Waals surface area (Å²) < 4.78 is 1.50. The van der Waals surface area contributed by atoms with E-state index in [0.29, 0.717) is 12.1 Å². The molecule has 0 fully saturated rings. The average molecular weight is 268 g/mol. The summed E-state index contributed by atoms with van der Waals surface area (Å²) in [5.41, 5.74) is 0.451. The first-order valence-electron chi connectivity index (χ1n) is 6.18. The van der Waals surface area contributed by atoms with Gasteiger partial charge < -0.3 is 15.3 Å². The van der Waals surface area contributed by atoms with Crippen LogP contribution in [0.1, 0.15) is 31.4 Å². The number of nitrogens with zero attached hydrogens (tertiary/aromatic N) is 3. The molecular formula is C12H20N4O3. The number of hydrogen-bond acceptors (Lipinski definition) is 3. The molecule has 1 atom stereocenters. The first-order chi connectivity index (χ1) is 8.95. The van der Waals surface area contributed by atoms with Crippen molar-refractivity contribution in [2.75, 3.05) is 13.6 Å². The molecular weight excluding hydrogens is 248 g/mol. The summed E-state index contributed by atoms with van der Waals surface area (Å²) in [6.45, 7) is 2.63. The molecule has 1 aromatic rings. The molecule has 0 bridgehead atoms. The summed E-state index contributed by atoms with van der Waals surface area (Å²) in [7, 11) is 3.34. The average Bonchev–Trinajstić information content (AvgIpc) is 2.78. The number of urea groups is 1. The van der Waals surface area contributed by atoms with Crippen LogP contribution >= 0.6 is 0 Å². The normalized spacial score (nSPS) is 11.9. The van der Waals surface area contributed by atoms with Crippen molar-refractivity contribution in [3.8, 4) is 0 Å². The smallest absolute Gasteiger partial charge is 0.331 e. The molecule has 1 unspecified atom stereocenters. The van der Waals surface area contributed by atoms with Crippen LogP contribution in [0.5, 0.6) is 0 Å². The number of rotatable bonds is 6. The Labute approximate surface area is 112 Å². The molecule has 0 saturated carbocycles. The van der Waals surface area contributed by atoms with Crippen molar-refractivity contribution >= 4 is 12.0 Å². The van der Waals surface area contributed by atoms with Crippen molar-refractivity contribution in [2.45, 2.75) is 25.8 Å². The Morgan fingerprint density at radius 3 is 2.74 bits per heavy atom. The fourth-order valence-corrected chi connectivity index (χ4v) is 1.61. The number of hydrogen-bond donors (Lipinski definition) is 2. The van der Waals surface area contributed by atoms with Crippen LogP contribution in [0.25, 0.3) is 0 Å². The molecule has 0 aliphatic heterocycles. The molecule has 0 saturated heterocycles. The molecule has 106 valence electrons. The summed E-state index contributed by atoms with van der Waals surface area (Å²) >= 11 is 0. The SMILES string of the molecule is CCCCN(C)C(=O)NC(C(=O)O)c1cnn(C)c1. The maximum absolute atomic E-state index is 11.9. The van der Waals surface area contributed by atoms with E-state index in [-0.39, 0.29) is 0 Å². The van der Waals surface area contributed by atoms with Gasteiger partial charge in [0.1, 0.15) is 0 Å². The van der Waals surface area contributed by atoms with Crippen LogP contribution in [0.2, 0.25) is 0 Å². The Morgan fingerprint density at radius 2 is 2.26 bits per heavy atom. The zero-order chi connectivity index (χ0) is 14.4. The van der Waals surface area contributed by atoms with E-state index in [2.05, 4.69) is 10.4 Å². The minimum Gasteiger partial charge on any atom is -0.479 e. The summed E-state index contributed by atoms with van der Waals surface area (Å²) in [6.07, 6.45) is 4.87. The third kappa shape index (κ3) is 4.27. The van der Waals surface area contributed by atoms with Crippen LogP contribution < -0.4 is 5.32 Å². The number of aliphatic carboxylic acids is 1. The molecule has 19 heavy (non-hydrogen) atoms. The van der Waals surface area contributed by atoms with E-state index in [1.54, 1.807) is 20.3 Å². The molecule has 1 aromatic heterocycles. The van der Waals surface area contributed by atoms with Crippen LogP contribution in [0.4, 0.5) is 4.79 Å². The molecule has 2 N–H and O–H groups in total. The summed E-state index contributed by atoms with van der Waals surface area (Å²) in [5.74, 6) is -1.11. The lowest BCUT2D eigenvalue weighted by molar-refractivity contribution is -0.139. The van der Waals surface area contributed by atoms with Crippen LogP contribution in [-0.2, 0) is 11.8 Å². The van der Waals surface area contributed by atoms with E-state index < -0.39 is 18.0 Å². The van der Waals surface area contributed by atoms with Crippen molar-refractivity contribution in [2.24, 2.45) is 7.05 Å². The van der Waals surface area contributed by atoms with Gasteiger partial charge in [-0.25, -0.2) is 9.59 Å². The number of carboxylic acids is 1. The number of carbonyl (C=O) groups excluding carboxylic acids is 1. The van der Waals surface area contributed by atoms with Gasteiger partial charge in [0.2, 0.25) is 0 Å². The molecule has 0 radical (unpaired) electrons. The Hall–Kier alpha value is -2.05. The molecule has 7 nitrogen and oxygen atoms in total. The Balaban J connectivity index is 2.69. The quantitative estimate of drug-likeness (QED) is 0.805. The number of amides is 2. The zero-order valence-corrected chi connectivity index (χ0v) is 11.5. The highest BCUT2D eigenvalue weighted by molar-refractivity contribution is 5.83. The monoisotopic (exact) mass is 268 g/mol. The van der Waals surface area contributed by atoms with Crippen LogP contribution in [0, 0.1) is 0 Å². The highest BCUT2D eigenvalue weighted by atomic mass is 16.4. The Kier molecular flexibility index (Phi) is 5.35. The second-order valence-electron chi connectivity index (χ2n) is 4.44. The zero-order valence-electron chi connectivity index (χ0n) is 11.5. The maximum Gasteiger partial charge on any atom is 0.331 e. The van der Waals surface area contributed by atoms with Gasteiger partial charge in [-0.05, 0) is 6.42 Å². The minimum absolute atomic E-state index is 0.398. The Morgan fingerprint density at radius 1 is 1.58 bits per heavy atom. The lowest BCUT2D eigenvalue weighted by Gasteiger charge is -2.20. The second kappa shape index (κ2) is 6.77. The first kappa shape index (κ1) is 15.0. The van der Waals surface area contributed by atoms with E-state index >= 15 is 0 Å². The van der Waals surface area contributed by atoms with Gasteiger partial charge in [0.15, 0.2) is 6.04 Å². The number of carbonyl (C=O) groups is 2. The van der Waals surface area contributed by atoms with Crippen molar-refractivity contribution in [1.82, 2.24) is 20.0 Å². The largest absolute Gasteiger partial charge is 0.479 e. The minimum atomic E-state index is -1.11. The third-order valence-electron chi connectivity index (χ3n) is 2.77. The van der Waals surface area contributed by atoms with Crippen molar-refractivity contribution in [1.29, 1.82) is 0 Å². The molecule has 1 rings (SSSR count). The van der Waals surface area contributed by atoms with E-state index in [9.17, 15) is 14.7 Å². The predicted octanol–water partition coefficient (Wildman–Crippen LogP) is 0.987. The van der Waals surface area contributed by atoms with E-state index in [0.717, 1.165) is 12.8 Å². The van der Waals surface area contributed by atoms with Crippen LogP contribution in [-0.4, -0.2) is 45.4 Å². The number of unbranched alkanes of at least 4 members (excludes halogenated alkanes) is 1. The summed E-state index contributed by atoms with van der Waals surface area (Å²) in [4.78, 5) is 24.6. The lowest BCUT2D eigenvalue weighted by Crippen LogP contribution is -2.42. The predicted molar refractivity (Wildman–Crippen MR) is 69.7 cm³/mol. The number of carboxylic acid groups (broad SMARTS) is 1. The van der Waals surface area contributed by atoms with Crippen LogP contribution in [0.3, 0.4) is 0 Å². The van der Waals surface area contributed by atoms with Crippen molar-refractivity contribution in [3.05, 3.63) is 18.0 Å². The van der Waals surface area contributed by atoms with E-state index in [1.165, 1.54) is 15.8 Å². The number of aryl methyl sites for hydroxylation is 1. The molecule has 0 aromatic carbocycles. The molecule has 0 spiro atoms. The topological polar surface area (TPSA) is 87.5 Å². The van der Waals surface area contributed by atoms with Gasteiger partial charge in [-0.1, -0.05) is 13.3 Å². The fourth-order valence-electron chi connectivity index (χ4n) is 1.61. The van der Waals surface area contributed by atoms with Gasteiger partial charge in [0, 0.05) is 32.4 Å². The lowest BCUT2D eigenvalue weighted by atomic mass is 10.1. The van der Waals surface area contributed by atoms with Gasteiger partial charge >= 0.3 is 12.0 Å². The van der Waals surface area contributed by atoms with Gasteiger partial charge in [-0.15, -0.1) is 0 Å².